The minimum Gasteiger partial charge on any atom is -0.254 e. The number of aliphatic imine (C=N–C) groups is 1. The second-order valence-corrected chi connectivity index (χ2v) is 4.02. The third-order valence-electron chi connectivity index (χ3n) is 3.37. The minimum atomic E-state index is -0.209. The number of halogens is 1. The summed E-state index contributed by atoms with van der Waals surface area (Å²) in [6.45, 7) is 6.21. The van der Waals surface area contributed by atoms with Gasteiger partial charge in [0, 0.05) is 11.1 Å². The van der Waals surface area contributed by atoms with Crippen LogP contribution in [0.1, 0.15) is 32.8 Å². The van der Waals surface area contributed by atoms with Gasteiger partial charge in [-0.25, -0.2) is 4.39 Å². The maximum Gasteiger partial charge on any atom is 0.149 e. The summed E-state index contributed by atoms with van der Waals surface area (Å²) in [7, 11) is 0. The predicted molar refractivity (Wildman–Crippen MR) is 56.8 cm³/mol. The van der Waals surface area contributed by atoms with Gasteiger partial charge in [0.05, 0.1) is 0 Å². The number of hydrogen-bond acceptors (Lipinski definition) is 1. The van der Waals surface area contributed by atoms with Gasteiger partial charge >= 0.3 is 0 Å². The molecule has 1 aromatic carbocycles. The average molecular weight is 191 g/mol. The largest absolute Gasteiger partial charge is 0.254 e. The highest BCUT2D eigenvalue weighted by molar-refractivity contribution is 5.99. The second kappa shape index (κ2) is 2.91. The van der Waals surface area contributed by atoms with E-state index in [1.807, 2.05) is 13.0 Å². The van der Waals surface area contributed by atoms with Gasteiger partial charge < -0.3 is 0 Å². The lowest BCUT2D eigenvalue weighted by Crippen LogP contribution is -2.26. The molecule has 0 N–H and O–H groups in total. The standard InChI is InChI=1S/C12H14FN/c1-4-12(3)8(2)14-11-9(12)6-5-7-10(11)13/h5-7H,4H2,1-3H3. The average Bonchev–Trinajstić information content (AvgIpc) is 2.43. The molecule has 1 atom stereocenters. The molecule has 0 fully saturated rings. The van der Waals surface area contributed by atoms with Crippen molar-refractivity contribution in [3.63, 3.8) is 0 Å². The van der Waals surface area contributed by atoms with Crippen molar-refractivity contribution in [2.24, 2.45) is 4.99 Å². The highest BCUT2D eigenvalue weighted by Crippen LogP contribution is 2.43. The van der Waals surface area contributed by atoms with E-state index in [9.17, 15) is 4.39 Å². The number of para-hydroxylation sites is 1. The SMILES string of the molecule is CCC1(C)C(C)=Nc2c(F)cccc21. The summed E-state index contributed by atoms with van der Waals surface area (Å²) in [6.07, 6.45) is 0.957. The maximum atomic E-state index is 13.4. The van der Waals surface area contributed by atoms with Crippen LogP contribution in [0.25, 0.3) is 0 Å². The Kier molecular flexibility index (Phi) is 1.95. The van der Waals surface area contributed by atoms with Crippen molar-refractivity contribution in [1.29, 1.82) is 0 Å². The van der Waals surface area contributed by atoms with Crippen molar-refractivity contribution < 1.29 is 4.39 Å². The molecule has 0 aromatic heterocycles. The third kappa shape index (κ3) is 1.03. The Morgan fingerprint density at radius 2 is 2.14 bits per heavy atom. The molecule has 1 unspecified atom stereocenters. The Morgan fingerprint density at radius 3 is 2.79 bits per heavy atom. The Balaban J connectivity index is 2.67. The van der Waals surface area contributed by atoms with Crippen LogP contribution < -0.4 is 0 Å². The van der Waals surface area contributed by atoms with E-state index < -0.39 is 0 Å². The molecule has 1 aromatic rings. The lowest BCUT2D eigenvalue weighted by molar-refractivity contribution is 0.606. The predicted octanol–water partition coefficient (Wildman–Crippen LogP) is 3.60. The first-order valence-corrected chi connectivity index (χ1v) is 4.94. The van der Waals surface area contributed by atoms with E-state index in [1.54, 1.807) is 6.07 Å². The molecule has 0 aliphatic carbocycles. The van der Waals surface area contributed by atoms with E-state index in [2.05, 4.69) is 18.8 Å². The van der Waals surface area contributed by atoms with Crippen molar-refractivity contribution >= 4 is 11.4 Å². The topological polar surface area (TPSA) is 12.4 Å². The van der Waals surface area contributed by atoms with Crippen LogP contribution in [0.5, 0.6) is 0 Å². The Morgan fingerprint density at radius 1 is 1.43 bits per heavy atom. The number of benzene rings is 1. The van der Waals surface area contributed by atoms with E-state index in [0.29, 0.717) is 5.69 Å². The summed E-state index contributed by atoms with van der Waals surface area (Å²) in [5.41, 5.74) is 2.50. The summed E-state index contributed by atoms with van der Waals surface area (Å²) in [6, 6.07) is 5.20. The molecule has 0 spiro atoms. The van der Waals surface area contributed by atoms with Gasteiger partial charge in [-0.2, -0.15) is 0 Å². The minimum absolute atomic E-state index is 0.0720. The number of nitrogens with zero attached hydrogens (tertiary/aromatic N) is 1. The van der Waals surface area contributed by atoms with Crippen LogP contribution in [0.2, 0.25) is 0 Å². The van der Waals surface area contributed by atoms with Gasteiger partial charge in [-0.1, -0.05) is 26.0 Å². The van der Waals surface area contributed by atoms with Crippen molar-refractivity contribution in [3.8, 4) is 0 Å². The van der Waals surface area contributed by atoms with Gasteiger partial charge in [0.1, 0.15) is 11.5 Å². The number of fused-ring (bicyclic) bond motifs is 1. The van der Waals surface area contributed by atoms with E-state index in [-0.39, 0.29) is 11.2 Å². The van der Waals surface area contributed by atoms with Gasteiger partial charge in [0.25, 0.3) is 0 Å². The quantitative estimate of drug-likeness (QED) is 0.643. The van der Waals surface area contributed by atoms with Crippen LogP contribution >= 0.6 is 0 Å². The molecule has 0 saturated heterocycles. The van der Waals surface area contributed by atoms with Crippen LogP contribution in [0, 0.1) is 5.82 Å². The lowest BCUT2D eigenvalue weighted by atomic mass is 9.78. The molecule has 1 heterocycles. The van der Waals surface area contributed by atoms with Gasteiger partial charge in [-0.15, -0.1) is 0 Å². The highest BCUT2D eigenvalue weighted by atomic mass is 19.1. The molecular weight excluding hydrogens is 177 g/mol. The molecule has 0 saturated carbocycles. The van der Waals surface area contributed by atoms with E-state index in [1.165, 1.54) is 6.07 Å². The first-order valence-electron chi connectivity index (χ1n) is 4.94. The van der Waals surface area contributed by atoms with Crippen molar-refractivity contribution in [1.82, 2.24) is 0 Å². The van der Waals surface area contributed by atoms with Crippen LogP contribution in [-0.2, 0) is 5.41 Å². The second-order valence-electron chi connectivity index (χ2n) is 4.02. The molecule has 1 aliphatic rings. The molecular formula is C12H14FN. The van der Waals surface area contributed by atoms with E-state index in [0.717, 1.165) is 17.7 Å². The fourth-order valence-electron chi connectivity index (χ4n) is 2.01. The Bertz CT molecular complexity index is 409. The zero-order chi connectivity index (χ0) is 10.3. The molecule has 1 aliphatic heterocycles. The molecule has 1 nitrogen and oxygen atoms in total. The van der Waals surface area contributed by atoms with Crippen LogP contribution in [0.4, 0.5) is 10.1 Å². The molecule has 0 bridgehead atoms. The van der Waals surface area contributed by atoms with Crippen LogP contribution in [-0.4, -0.2) is 5.71 Å². The number of hydrogen-bond donors (Lipinski definition) is 0. The first-order chi connectivity index (χ1) is 6.59. The Hall–Kier alpha value is -1.18. The summed E-state index contributed by atoms with van der Waals surface area (Å²) in [4.78, 5) is 4.32. The monoisotopic (exact) mass is 191 g/mol. The molecule has 74 valence electrons. The number of rotatable bonds is 1. The van der Waals surface area contributed by atoms with Gasteiger partial charge in [-0.05, 0) is 25.0 Å². The lowest BCUT2D eigenvalue weighted by Gasteiger charge is -2.23. The van der Waals surface area contributed by atoms with Crippen molar-refractivity contribution in [2.45, 2.75) is 32.6 Å². The summed E-state index contributed by atoms with van der Waals surface area (Å²) >= 11 is 0. The van der Waals surface area contributed by atoms with E-state index in [4.69, 9.17) is 0 Å². The van der Waals surface area contributed by atoms with Crippen molar-refractivity contribution in [3.05, 3.63) is 29.6 Å². The fraction of sp³-hybridized carbons (Fsp3) is 0.417. The Labute approximate surface area is 83.7 Å². The van der Waals surface area contributed by atoms with E-state index >= 15 is 0 Å². The zero-order valence-corrected chi connectivity index (χ0v) is 8.76. The normalized spacial score (nSPS) is 24.7. The molecule has 2 heteroatoms. The van der Waals surface area contributed by atoms with Gasteiger partial charge in [0.15, 0.2) is 0 Å². The third-order valence-corrected chi connectivity index (χ3v) is 3.37. The molecule has 0 amide bonds. The molecule has 0 radical (unpaired) electrons. The van der Waals surface area contributed by atoms with Crippen LogP contribution in [0.3, 0.4) is 0 Å². The fourth-order valence-corrected chi connectivity index (χ4v) is 2.01. The summed E-state index contributed by atoms with van der Waals surface area (Å²) in [5, 5.41) is 0. The summed E-state index contributed by atoms with van der Waals surface area (Å²) < 4.78 is 13.4. The smallest absolute Gasteiger partial charge is 0.149 e. The van der Waals surface area contributed by atoms with Gasteiger partial charge in [-0.3, -0.25) is 4.99 Å². The van der Waals surface area contributed by atoms with Crippen LogP contribution in [0.15, 0.2) is 23.2 Å². The molecule has 14 heavy (non-hydrogen) atoms. The van der Waals surface area contributed by atoms with Crippen molar-refractivity contribution in [2.75, 3.05) is 0 Å². The first kappa shape index (κ1) is 9.38. The van der Waals surface area contributed by atoms with Gasteiger partial charge in [0.2, 0.25) is 0 Å². The zero-order valence-electron chi connectivity index (χ0n) is 8.76. The summed E-state index contributed by atoms with van der Waals surface area (Å²) in [5.74, 6) is -0.209. The molecule has 2 rings (SSSR count). The highest BCUT2D eigenvalue weighted by Gasteiger charge is 2.36. The maximum absolute atomic E-state index is 13.4.